The average Bonchev–Trinajstić information content (AvgIpc) is 2.68. The molecule has 1 aliphatic heterocycles. The second-order valence-electron chi connectivity index (χ2n) is 4.89. The third kappa shape index (κ3) is 2.79. The van der Waals surface area contributed by atoms with Crippen molar-refractivity contribution in [2.45, 2.75) is 25.4 Å². The summed E-state index contributed by atoms with van der Waals surface area (Å²) in [5.74, 6) is 0.880. The molecule has 0 spiro atoms. The van der Waals surface area contributed by atoms with Gasteiger partial charge in [-0.3, -0.25) is 0 Å². The number of benzene rings is 1. The van der Waals surface area contributed by atoms with Crippen LogP contribution in [0.4, 0.5) is 0 Å². The van der Waals surface area contributed by atoms with E-state index in [0.29, 0.717) is 6.54 Å². The summed E-state index contributed by atoms with van der Waals surface area (Å²) in [7, 11) is 2.04. The number of rotatable bonds is 4. The van der Waals surface area contributed by atoms with Crippen LogP contribution in [0.3, 0.4) is 0 Å². The first-order chi connectivity index (χ1) is 8.14. The zero-order valence-corrected chi connectivity index (χ0v) is 10.6. The molecule has 2 rings (SSSR count). The highest BCUT2D eigenvalue weighted by Crippen LogP contribution is 2.31. The first-order valence-corrected chi connectivity index (χ1v) is 6.28. The fourth-order valence-electron chi connectivity index (χ4n) is 2.30. The van der Waals surface area contributed by atoms with Gasteiger partial charge in [0.15, 0.2) is 0 Å². The molecule has 1 unspecified atom stereocenters. The Morgan fingerprint density at radius 3 is 2.59 bits per heavy atom. The van der Waals surface area contributed by atoms with Gasteiger partial charge in [-0.1, -0.05) is 19.1 Å². The first kappa shape index (κ1) is 12.4. The van der Waals surface area contributed by atoms with Crippen LogP contribution in [-0.4, -0.2) is 36.8 Å². The van der Waals surface area contributed by atoms with Crippen molar-refractivity contribution in [3.8, 4) is 5.75 Å². The summed E-state index contributed by atoms with van der Waals surface area (Å²) in [6, 6.07) is 7.84. The lowest BCUT2D eigenvalue weighted by molar-refractivity contribution is 0.0488. The molecule has 1 saturated heterocycles. The summed E-state index contributed by atoms with van der Waals surface area (Å²) >= 11 is 0. The number of hydrogen-bond donors (Lipinski definition) is 1. The summed E-state index contributed by atoms with van der Waals surface area (Å²) in [5.41, 5.74) is 0.309. The van der Waals surface area contributed by atoms with E-state index >= 15 is 0 Å². The monoisotopic (exact) mass is 235 g/mol. The number of β-amino-alcohol motifs (C(OH)–C–C–N with tert-alkyl or cyclic N) is 1. The van der Waals surface area contributed by atoms with E-state index in [2.05, 4.69) is 11.8 Å². The summed E-state index contributed by atoms with van der Waals surface area (Å²) in [6.07, 6.45) is 1.81. The lowest BCUT2D eigenvalue weighted by Crippen LogP contribution is -2.28. The predicted molar refractivity (Wildman–Crippen MR) is 68.2 cm³/mol. The highest BCUT2D eigenvalue weighted by atomic mass is 16.5. The molecule has 1 aromatic carbocycles. The van der Waals surface area contributed by atoms with E-state index in [9.17, 15) is 5.11 Å². The number of ether oxygens (including phenoxy) is 1. The molecular formula is C14H21NO2. The van der Waals surface area contributed by atoms with Crippen molar-refractivity contribution in [2.24, 2.45) is 0 Å². The van der Waals surface area contributed by atoms with Gasteiger partial charge in [0, 0.05) is 13.1 Å². The maximum atomic E-state index is 10.5. The van der Waals surface area contributed by atoms with Gasteiger partial charge in [-0.25, -0.2) is 0 Å². The van der Waals surface area contributed by atoms with Crippen LogP contribution in [0.25, 0.3) is 0 Å². The van der Waals surface area contributed by atoms with Gasteiger partial charge in [0.05, 0.1) is 6.61 Å². The van der Waals surface area contributed by atoms with E-state index in [0.717, 1.165) is 37.3 Å². The summed E-state index contributed by atoms with van der Waals surface area (Å²) in [5, 5.41) is 10.5. The van der Waals surface area contributed by atoms with E-state index in [-0.39, 0.29) is 0 Å². The maximum absolute atomic E-state index is 10.5. The predicted octanol–water partition coefficient (Wildman–Crippen LogP) is 2.00. The van der Waals surface area contributed by atoms with Crippen LogP contribution >= 0.6 is 0 Å². The Hall–Kier alpha value is -1.06. The Kier molecular flexibility index (Phi) is 3.69. The van der Waals surface area contributed by atoms with Crippen molar-refractivity contribution < 1.29 is 9.84 Å². The number of nitrogens with zero attached hydrogens (tertiary/aromatic N) is 1. The van der Waals surface area contributed by atoms with Gasteiger partial charge < -0.3 is 14.7 Å². The number of aliphatic hydroxyl groups is 1. The van der Waals surface area contributed by atoms with Crippen LogP contribution in [0.2, 0.25) is 0 Å². The van der Waals surface area contributed by atoms with Crippen LogP contribution < -0.4 is 4.74 Å². The zero-order chi connectivity index (χ0) is 12.3. The van der Waals surface area contributed by atoms with Crippen LogP contribution in [0.15, 0.2) is 24.3 Å². The largest absolute Gasteiger partial charge is 0.494 e. The standard InChI is InChI=1S/C14H21NO2/c1-3-10-17-13-6-4-12(5-7-13)14(16)8-9-15(2)11-14/h4-7,16H,3,8-11H2,1-2H3. The van der Waals surface area contributed by atoms with Crippen molar-refractivity contribution in [3.05, 3.63) is 29.8 Å². The molecule has 94 valence electrons. The van der Waals surface area contributed by atoms with Crippen molar-refractivity contribution in [2.75, 3.05) is 26.7 Å². The quantitative estimate of drug-likeness (QED) is 0.866. The first-order valence-electron chi connectivity index (χ1n) is 6.28. The molecule has 3 nitrogen and oxygen atoms in total. The Labute approximate surface area is 103 Å². The van der Waals surface area contributed by atoms with Crippen molar-refractivity contribution in [1.82, 2.24) is 4.90 Å². The molecule has 0 amide bonds. The Morgan fingerprint density at radius 1 is 1.35 bits per heavy atom. The summed E-state index contributed by atoms with van der Waals surface area (Å²) in [4.78, 5) is 2.15. The lowest BCUT2D eigenvalue weighted by atomic mass is 9.93. The molecule has 1 N–H and O–H groups in total. The van der Waals surface area contributed by atoms with Gasteiger partial charge >= 0.3 is 0 Å². The van der Waals surface area contributed by atoms with E-state index in [1.807, 2.05) is 31.3 Å². The van der Waals surface area contributed by atoms with Gasteiger partial charge in [0.25, 0.3) is 0 Å². The van der Waals surface area contributed by atoms with Crippen molar-refractivity contribution in [3.63, 3.8) is 0 Å². The van der Waals surface area contributed by atoms with Gasteiger partial charge in [-0.2, -0.15) is 0 Å². The molecule has 0 saturated carbocycles. The Morgan fingerprint density at radius 2 is 2.06 bits per heavy atom. The summed E-state index contributed by atoms with van der Waals surface area (Å²) in [6.45, 7) is 4.49. The number of likely N-dealkylation sites (tertiary alicyclic amines) is 1. The molecule has 3 heteroatoms. The fraction of sp³-hybridized carbons (Fsp3) is 0.571. The Balaban J connectivity index is 2.07. The second-order valence-corrected chi connectivity index (χ2v) is 4.89. The van der Waals surface area contributed by atoms with Crippen LogP contribution in [-0.2, 0) is 5.60 Å². The molecule has 1 heterocycles. The zero-order valence-electron chi connectivity index (χ0n) is 10.6. The third-order valence-electron chi connectivity index (χ3n) is 3.30. The maximum Gasteiger partial charge on any atom is 0.119 e. The van der Waals surface area contributed by atoms with Crippen molar-refractivity contribution >= 4 is 0 Å². The highest BCUT2D eigenvalue weighted by molar-refractivity contribution is 5.31. The lowest BCUT2D eigenvalue weighted by Gasteiger charge is -2.23. The van der Waals surface area contributed by atoms with E-state index in [1.165, 1.54) is 0 Å². The van der Waals surface area contributed by atoms with Crippen LogP contribution in [0, 0.1) is 0 Å². The van der Waals surface area contributed by atoms with E-state index in [4.69, 9.17) is 4.74 Å². The van der Waals surface area contributed by atoms with Crippen molar-refractivity contribution in [1.29, 1.82) is 0 Å². The summed E-state index contributed by atoms with van der Waals surface area (Å²) < 4.78 is 5.53. The fourth-order valence-corrected chi connectivity index (χ4v) is 2.30. The Bertz CT molecular complexity index is 363. The van der Waals surface area contributed by atoms with Crippen LogP contribution in [0.1, 0.15) is 25.3 Å². The highest BCUT2D eigenvalue weighted by Gasteiger charge is 2.35. The molecule has 0 radical (unpaired) electrons. The molecule has 1 aliphatic rings. The van der Waals surface area contributed by atoms with E-state index in [1.54, 1.807) is 0 Å². The normalized spacial score (nSPS) is 25.1. The molecule has 1 atom stereocenters. The minimum absolute atomic E-state index is 0.683. The average molecular weight is 235 g/mol. The van der Waals surface area contributed by atoms with Gasteiger partial charge in [0.2, 0.25) is 0 Å². The van der Waals surface area contributed by atoms with E-state index < -0.39 is 5.60 Å². The van der Waals surface area contributed by atoms with Gasteiger partial charge in [-0.05, 0) is 37.6 Å². The smallest absolute Gasteiger partial charge is 0.119 e. The van der Waals surface area contributed by atoms with Gasteiger partial charge in [0.1, 0.15) is 11.4 Å². The molecule has 1 fully saturated rings. The minimum atomic E-state index is -0.683. The number of likely N-dealkylation sites (N-methyl/N-ethyl adjacent to an activating group) is 1. The van der Waals surface area contributed by atoms with Crippen LogP contribution in [0.5, 0.6) is 5.75 Å². The van der Waals surface area contributed by atoms with Gasteiger partial charge in [-0.15, -0.1) is 0 Å². The second kappa shape index (κ2) is 5.07. The molecule has 0 aliphatic carbocycles. The molecule has 0 bridgehead atoms. The molecule has 1 aromatic rings. The number of hydrogen-bond acceptors (Lipinski definition) is 3. The molecule has 17 heavy (non-hydrogen) atoms. The molecule has 0 aromatic heterocycles. The topological polar surface area (TPSA) is 32.7 Å². The third-order valence-corrected chi connectivity index (χ3v) is 3.30. The SMILES string of the molecule is CCCOc1ccc(C2(O)CCN(C)C2)cc1. The minimum Gasteiger partial charge on any atom is -0.494 e. The molecular weight excluding hydrogens is 214 g/mol.